The first kappa shape index (κ1) is 26.5. The average molecular weight is 576 g/mol. The third-order valence-electron chi connectivity index (χ3n) is 5.03. The second-order valence-corrected chi connectivity index (χ2v) is 10.3. The molecular weight excluding hydrogens is 559 g/mol. The lowest BCUT2D eigenvalue weighted by molar-refractivity contribution is 0.101. The minimum absolute atomic E-state index is 0.00680. The zero-order chi connectivity index (χ0) is 26.6. The molecule has 0 aliphatic carbocycles. The third kappa shape index (κ3) is 6.42. The van der Waals surface area contributed by atoms with Crippen molar-refractivity contribution in [3.05, 3.63) is 117 Å². The molecule has 0 saturated carbocycles. The number of nitrogens with one attached hydrogen (secondary N) is 2. The number of anilines is 2. The number of rotatable bonds is 7. The number of amides is 2. The molecule has 0 spiro atoms. The second-order valence-electron chi connectivity index (χ2n) is 7.57. The highest BCUT2D eigenvalue weighted by atomic mass is 35.5. The molecule has 4 aromatic carbocycles. The van der Waals surface area contributed by atoms with Crippen molar-refractivity contribution in [1.29, 1.82) is 0 Å². The zero-order valence-corrected chi connectivity index (χ0v) is 21.8. The van der Waals surface area contributed by atoms with Gasteiger partial charge in [-0.25, -0.2) is 0 Å². The van der Waals surface area contributed by atoms with Crippen molar-refractivity contribution in [2.75, 3.05) is 10.6 Å². The van der Waals surface area contributed by atoms with Crippen molar-refractivity contribution >= 4 is 68.1 Å². The molecule has 4 rings (SSSR count). The molecule has 0 heterocycles. The number of hydrogen-bond acceptors (Lipinski definition) is 5. The van der Waals surface area contributed by atoms with Gasteiger partial charge in [-0.1, -0.05) is 59.1 Å². The monoisotopic (exact) mass is 574 g/mol. The summed E-state index contributed by atoms with van der Waals surface area (Å²) < 4.78 is 31.0. The summed E-state index contributed by atoms with van der Waals surface area (Å²) in [6, 6.07) is 22.5. The Morgan fingerprint density at radius 2 is 1.19 bits per heavy atom. The van der Waals surface area contributed by atoms with Gasteiger partial charge in [0.2, 0.25) is 0 Å². The molecule has 0 unspecified atom stereocenters. The molecule has 2 amide bonds. The molecule has 11 heteroatoms. The lowest BCUT2D eigenvalue weighted by Crippen LogP contribution is -2.14. The van der Waals surface area contributed by atoms with E-state index in [0.717, 1.165) is 0 Å². The molecule has 0 radical (unpaired) electrons. The van der Waals surface area contributed by atoms with E-state index in [1.54, 1.807) is 42.5 Å². The lowest BCUT2D eigenvalue weighted by atomic mass is 10.2. The fourth-order valence-corrected chi connectivity index (χ4v) is 4.77. The Labute approximate surface area is 228 Å². The van der Waals surface area contributed by atoms with Gasteiger partial charge >= 0.3 is 10.1 Å². The maximum Gasteiger partial charge on any atom is 0.339 e. The maximum atomic E-state index is 12.9. The highest BCUT2D eigenvalue weighted by Gasteiger charge is 2.20. The lowest BCUT2D eigenvalue weighted by Gasteiger charge is -2.12. The first-order valence-corrected chi connectivity index (χ1v) is 13.1. The first-order chi connectivity index (χ1) is 17.6. The fourth-order valence-electron chi connectivity index (χ4n) is 3.20. The van der Waals surface area contributed by atoms with E-state index in [2.05, 4.69) is 10.6 Å². The molecule has 4 aromatic rings. The van der Waals surface area contributed by atoms with Crippen LogP contribution in [0.5, 0.6) is 5.75 Å². The summed E-state index contributed by atoms with van der Waals surface area (Å²) in [5.74, 6) is -0.968. The fraction of sp³-hybridized carbons (Fsp3) is 0. The molecule has 0 saturated heterocycles. The molecule has 2 N–H and O–H groups in total. The van der Waals surface area contributed by atoms with E-state index in [1.165, 1.54) is 48.5 Å². The molecule has 0 aliphatic rings. The molecule has 188 valence electrons. The third-order valence-corrected chi connectivity index (χ3v) is 7.26. The van der Waals surface area contributed by atoms with Gasteiger partial charge in [-0.05, 0) is 66.7 Å². The van der Waals surface area contributed by atoms with Crippen LogP contribution in [0.3, 0.4) is 0 Å². The van der Waals surface area contributed by atoms with Crippen LogP contribution in [-0.4, -0.2) is 20.2 Å². The van der Waals surface area contributed by atoms with Crippen molar-refractivity contribution < 1.29 is 22.2 Å². The van der Waals surface area contributed by atoms with Gasteiger partial charge in [0.15, 0.2) is 0 Å². The Morgan fingerprint density at radius 1 is 0.649 bits per heavy atom. The van der Waals surface area contributed by atoms with Crippen LogP contribution in [0.1, 0.15) is 20.7 Å². The zero-order valence-electron chi connectivity index (χ0n) is 18.7. The Balaban J connectivity index is 1.48. The minimum atomic E-state index is -4.29. The van der Waals surface area contributed by atoms with Gasteiger partial charge in [0.05, 0.1) is 31.9 Å². The number of carbonyl (C=O) groups excluding carboxylic acids is 2. The molecule has 0 atom stereocenters. The Morgan fingerprint density at radius 3 is 1.76 bits per heavy atom. The topological polar surface area (TPSA) is 102 Å². The molecular formula is C26H17Cl3N2O5S. The summed E-state index contributed by atoms with van der Waals surface area (Å²) >= 11 is 18.3. The number of carbonyl (C=O) groups is 2. The van der Waals surface area contributed by atoms with Crippen molar-refractivity contribution in [2.45, 2.75) is 4.90 Å². The van der Waals surface area contributed by atoms with Gasteiger partial charge in [0, 0.05) is 5.69 Å². The molecule has 0 bridgehead atoms. The van der Waals surface area contributed by atoms with Crippen LogP contribution < -0.4 is 14.8 Å². The number of hydrogen-bond donors (Lipinski definition) is 2. The number of halogens is 3. The average Bonchev–Trinajstić information content (AvgIpc) is 2.86. The summed E-state index contributed by atoms with van der Waals surface area (Å²) in [5, 5.41) is 5.90. The van der Waals surface area contributed by atoms with Crippen molar-refractivity contribution in [3.8, 4) is 5.75 Å². The SMILES string of the molecule is O=C(Nc1ccc(OS(=O)(=O)c2ccc(Cl)c(NC(=O)c3ccccc3Cl)c2)cc1)c1ccccc1Cl. The normalized spacial score (nSPS) is 11.0. The van der Waals surface area contributed by atoms with Crippen LogP contribution in [0, 0.1) is 0 Å². The summed E-state index contributed by atoms with van der Waals surface area (Å²) in [7, 11) is -4.29. The van der Waals surface area contributed by atoms with E-state index in [0.29, 0.717) is 16.3 Å². The minimum Gasteiger partial charge on any atom is -0.379 e. The largest absolute Gasteiger partial charge is 0.379 e. The molecule has 0 fully saturated rings. The molecule has 7 nitrogen and oxygen atoms in total. The van der Waals surface area contributed by atoms with Crippen molar-refractivity contribution in [3.63, 3.8) is 0 Å². The van der Waals surface area contributed by atoms with Crippen LogP contribution in [0.2, 0.25) is 15.1 Å². The Kier molecular flexibility index (Phi) is 8.04. The van der Waals surface area contributed by atoms with Gasteiger partial charge in [0.25, 0.3) is 11.8 Å². The highest BCUT2D eigenvalue weighted by molar-refractivity contribution is 7.87. The van der Waals surface area contributed by atoms with E-state index < -0.39 is 21.9 Å². The quantitative estimate of drug-likeness (QED) is 0.233. The second kappa shape index (κ2) is 11.2. The summed E-state index contributed by atoms with van der Waals surface area (Å²) in [6.07, 6.45) is 0. The summed E-state index contributed by atoms with van der Waals surface area (Å²) in [5.41, 5.74) is 0.971. The van der Waals surface area contributed by atoms with E-state index in [9.17, 15) is 18.0 Å². The van der Waals surface area contributed by atoms with Gasteiger partial charge in [0.1, 0.15) is 10.6 Å². The smallest absolute Gasteiger partial charge is 0.339 e. The Bertz CT molecular complexity index is 1590. The first-order valence-electron chi connectivity index (χ1n) is 10.6. The van der Waals surface area contributed by atoms with Gasteiger partial charge in [-0.15, -0.1) is 0 Å². The van der Waals surface area contributed by atoms with Crippen LogP contribution in [0.15, 0.2) is 95.9 Å². The van der Waals surface area contributed by atoms with E-state index in [4.69, 9.17) is 39.0 Å². The van der Waals surface area contributed by atoms with Crippen LogP contribution in [0.4, 0.5) is 11.4 Å². The van der Waals surface area contributed by atoms with Crippen LogP contribution in [0.25, 0.3) is 0 Å². The van der Waals surface area contributed by atoms with E-state index >= 15 is 0 Å². The maximum absolute atomic E-state index is 12.9. The van der Waals surface area contributed by atoms with Crippen molar-refractivity contribution in [1.82, 2.24) is 0 Å². The molecule has 0 aliphatic heterocycles. The van der Waals surface area contributed by atoms with Crippen LogP contribution >= 0.6 is 34.8 Å². The molecule has 37 heavy (non-hydrogen) atoms. The highest BCUT2D eigenvalue weighted by Crippen LogP contribution is 2.29. The van der Waals surface area contributed by atoms with Crippen LogP contribution in [-0.2, 0) is 10.1 Å². The molecule has 0 aromatic heterocycles. The number of benzene rings is 4. The Hall–Kier alpha value is -3.56. The predicted octanol–water partition coefficient (Wildman–Crippen LogP) is 6.92. The van der Waals surface area contributed by atoms with E-state index in [-0.39, 0.29) is 31.9 Å². The van der Waals surface area contributed by atoms with E-state index in [1.807, 2.05) is 0 Å². The van der Waals surface area contributed by atoms with Gasteiger partial charge in [-0.2, -0.15) is 8.42 Å². The van der Waals surface area contributed by atoms with Crippen molar-refractivity contribution in [2.24, 2.45) is 0 Å². The predicted molar refractivity (Wildman–Crippen MR) is 145 cm³/mol. The van der Waals surface area contributed by atoms with Gasteiger partial charge < -0.3 is 14.8 Å². The summed E-state index contributed by atoms with van der Waals surface area (Å²) in [4.78, 5) is 24.8. The van der Waals surface area contributed by atoms with Gasteiger partial charge in [-0.3, -0.25) is 9.59 Å². The summed E-state index contributed by atoms with van der Waals surface area (Å²) in [6.45, 7) is 0. The standard InChI is InChI=1S/C26H17Cl3N2O5S/c27-21-7-3-1-5-19(21)25(32)30-16-9-11-17(12-10-16)36-37(34,35)18-13-14-23(29)24(15-18)31-26(33)20-6-2-4-8-22(20)28/h1-15H,(H,30,32)(H,31,33).